The Morgan fingerprint density at radius 3 is 2.75 bits per heavy atom. The maximum Gasteiger partial charge on any atom is 0.146 e. The molecule has 106 valence electrons. The van der Waals surface area contributed by atoms with Crippen LogP contribution in [0, 0.1) is 5.92 Å². The van der Waals surface area contributed by atoms with Crippen LogP contribution in [-0.4, -0.2) is 11.1 Å². The largest absolute Gasteiger partial charge is 0.488 e. The van der Waals surface area contributed by atoms with Gasteiger partial charge in [-0.05, 0) is 55.9 Å². The second-order valence-corrected chi connectivity index (χ2v) is 5.72. The van der Waals surface area contributed by atoms with Crippen molar-refractivity contribution in [3.8, 4) is 5.75 Å². The third-order valence-electron chi connectivity index (χ3n) is 4.43. The molecule has 1 aromatic heterocycles. The molecule has 1 aliphatic carbocycles. The first-order chi connectivity index (χ1) is 9.78. The molecule has 3 heteroatoms. The van der Waals surface area contributed by atoms with Crippen molar-refractivity contribution in [3.05, 3.63) is 30.5 Å². The fraction of sp³-hybridized carbons (Fsp3) is 0.471. The Balaban J connectivity index is 1.80. The van der Waals surface area contributed by atoms with Crippen LogP contribution in [0.3, 0.4) is 0 Å². The van der Waals surface area contributed by atoms with Crippen molar-refractivity contribution >= 4 is 16.6 Å². The Bertz CT molecular complexity index is 589. The summed E-state index contributed by atoms with van der Waals surface area (Å²) in [7, 11) is 0. The molecule has 1 aromatic carbocycles. The van der Waals surface area contributed by atoms with Gasteiger partial charge in [0.15, 0.2) is 0 Å². The summed E-state index contributed by atoms with van der Waals surface area (Å²) >= 11 is 0. The molecule has 1 fully saturated rings. The molecule has 2 N–H and O–H groups in total. The Morgan fingerprint density at radius 2 is 2.00 bits per heavy atom. The average Bonchev–Trinajstić information content (AvgIpc) is 2.51. The van der Waals surface area contributed by atoms with Crippen molar-refractivity contribution in [2.75, 3.05) is 5.73 Å². The van der Waals surface area contributed by atoms with E-state index < -0.39 is 0 Å². The van der Waals surface area contributed by atoms with Crippen LogP contribution in [-0.2, 0) is 0 Å². The summed E-state index contributed by atoms with van der Waals surface area (Å²) in [6.45, 7) is 2.28. The lowest BCUT2D eigenvalue weighted by atomic mass is 9.86. The first-order valence-electron chi connectivity index (χ1n) is 7.57. The summed E-state index contributed by atoms with van der Waals surface area (Å²) in [4.78, 5) is 4.43. The highest BCUT2D eigenvalue weighted by molar-refractivity contribution is 5.94. The van der Waals surface area contributed by atoms with E-state index in [1.807, 2.05) is 24.3 Å². The van der Waals surface area contributed by atoms with Gasteiger partial charge in [-0.25, -0.2) is 0 Å². The van der Waals surface area contributed by atoms with E-state index >= 15 is 0 Å². The summed E-state index contributed by atoms with van der Waals surface area (Å²) in [6.07, 6.45) is 8.27. The molecule has 0 unspecified atom stereocenters. The molecule has 3 rings (SSSR count). The monoisotopic (exact) mass is 270 g/mol. The molecule has 0 bridgehead atoms. The molecule has 3 nitrogen and oxygen atoms in total. The molecule has 0 aliphatic heterocycles. The smallest absolute Gasteiger partial charge is 0.146 e. The number of pyridine rings is 1. The molecule has 1 aliphatic rings. The van der Waals surface area contributed by atoms with E-state index in [-0.39, 0.29) is 0 Å². The van der Waals surface area contributed by atoms with Crippen LogP contribution in [0.2, 0.25) is 0 Å². The summed E-state index contributed by atoms with van der Waals surface area (Å²) in [6, 6.07) is 7.78. The Hall–Kier alpha value is -1.77. The topological polar surface area (TPSA) is 48.1 Å². The Morgan fingerprint density at radius 1 is 1.20 bits per heavy atom. The van der Waals surface area contributed by atoms with Gasteiger partial charge in [-0.1, -0.05) is 13.3 Å². The lowest BCUT2D eigenvalue weighted by Crippen LogP contribution is -2.24. The Kier molecular flexibility index (Phi) is 3.77. The molecule has 2 aromatic rings. The number of hydrogen-bond acceptors (Lipinski definition) is 3. The predicted molar refractivity (Wildman–Crippen MR) is 82.8 cm³/mol. The standard InChI is InChI=1S/C17H22N2O/c1-2-12-5-7-13(8-6-12)20-16-10-9-15(18)14-4-3-11-19-17(14)16/h3-4,9-13H,2,5-8,18H2,1H3. The minimum absolute atomic E-state index is 0.326. The number of anilines is 1. The quantitative estimate of drug-likeness (QED) is 0.852. The normalized spacial score (nSPS) is 22.9. The highest BCUT2D eigenvalue weighted by atomic mass is 16.5. The molecule has 20 heavy (non-hydrogen) atoms. The minimum Gasteiger partial charge on any atom is -0.488 e. The van der Waals surface area contributed by atoms with E-state index in [4.69, 9.17) is 10.5 Å². The van der Waals surface area contributed by atoms with Gasteiger partial charge in [-0.15, -0.1) is 0 Å². The summed E-state index contributed by atoms with van der Waals surface area (Å²) in [5.41, 5.74) is 7.64. The fourth-order valence-electron chi connectivity index (χ4n) is 3.10. The van der Waals surface area contributed by atoms with Gasteiger partial charge in [0.25, 0.3) is 0 Å². The van der Waals surface area contributed by atoms with Gasteiger partial charge in [-0.3, -0.25) is 4.98 Å². The molecule has 0 spiro atoms. The zero-order valence-corrected chi connectivity index (χ0v) is 12.0. The first kappa shape index (κ1) is 13.2. The number of hydrogen-bond donors (Lipinski definition) is 1. The van der Waals surface area contributed by atoms with E-state index in [0.29, 0.717) is 6.10 Å². The van der Waals surface area contributed by atoms with Crippen molar-refractivity contribution < 1.29 is 4.74 Å². The van der Waals surface area contributed by atoms with Crippen LogP contribution in [0.5, 0.6) is 5.75 Å². The molecule has 0 radical (unpaired) electrons. The van der Waals surface area contributed by atoms with E-state index in [1.165, 1.54) is 19.3 Å². The third-order valence-corrected chi connectivity index (χ3v) is 4.43. The minimum atomic E-state index is 0.326. The maximum absolute atomic E-state index is 6.20. The number of ether oxygens (including phenoxy) is 1. The van der Waals surface area contributed by atoms with Crippen molar-refractivity contribution in [1.29, 1.82) is 0 Å². The van der Waals surface area contributed by atoms with Gasteiger partial charge in [-0.2, -0.15) is 0 Å². The van der Waals surface area contributed by atoms with Crippen molar-refractivity contribution in [2.45, 2.75) is 45.1 Å². The van der Waals surface area contributed by atoms with Gasteiger partial charge in [0, 0.05) is 17.3 Å². The van der Waals surface area contributed by atoms with Gasteiger partial charge >= 0.3 is 0 Å². The van der Waals surface area contributed by atoms with E-state index in [1.54, 1.807) is 6.20 Å². The van der Waals surface area contributed by atoms with Crippen LogP contribution in [0.15, 0.2) is 30.5 Å². The number of rotatable bonds is 3. The van der Waals surface area contributed by atoms with Crippen LogP contribution in [0.1, 0.15) is 39.0 Å². The second kappa shape index (κ2) is 5.70. The zero-order chi connectivity index (χ0) is 13.9. The number of benzene rings is 1. The van der Waals surface area contributed by atoms with Gasteiger partial charge in [0.05, 0.1) is 6.10 Å². The second-order valence-electron chi connectivity index (χ2n) is 5.72. The molecular formula is C17H22N2O. The fourth-order valence-corrected chi connectivity index (χ4v) is 3.10. The molecule has 0 amide bonds. The molecule has 1 saturated carbocycles. The van der Waals surface area contributed by atoms with Crippen molar-refractivity contribution in [2.24, 2.45) is 5.92 Å². The highest BCUT2D eigenvalue weighted by Crippen LogP contribution is 2.33. The van der Waals surface area contributed by atoms with Crippen LogP contribution >= 0.6 is 0 Å². The third kappa shape index (κ3) is 2.58. The van der Waals surface area contributed by atoms with Crippen molar-refractivity contribution in [1.82, 2.24) is 4.98 Å². The maximum atomic E-state index is 6.20. The van der Waals surface area contributed by atoms with Crippen LogP contribution in [0.25, 0.3) is 10.9 Å². The number of nitrogens with two attached hydrogens (primary N) is 1. The summed E-state index contributed by atoms with van der Waals surface area (Å²) < 4.78 is 6.20. The number of nitrogens with zero attached hydrogens (tertiary/aromatic N) is 1. The first-order valence-corrected chi connectivity index (χ1v) is 7.57. The predicted octanol–water partition coefficient (Wildman–Crippen LogP) is 4.16. The number of aromatic nitrogens is 1. The number of nitrogen functional groups attached to an aromatic ring is 1. The molecule has 1 heterocycles. The lowest BCUT2D eigenvalue weighted by molar-refractivity contribution is 0.131. The summed E-state index contributed by atoms with van der Waals surface area (Å²) in [5.74, 6) is 1.76. The van der Waals surface area contributed by atoms with Crippen LogP contribution < -0.4 is 10.5 Å². The average molecular weight is 270 g/mol. The molecule has 0 saturated heterocycles. The number of fused-ring (bicyclic) bond motifs is 1. The van der Waals surface area contributed by atoms with E-state index in [0.717, 1.165) is 41.1 Å². The van der Waals surface area contributed by atoms with Gasteiger partial charge < -0.3 is 10.5 Å². The van der Waals surface area contributed by atoms with E-state index in [9.17, 15) is 0 Å². The van der Waals surface area contributed by atoms with Crippen molar-refractivity contribution in [3.63, 3.8) is 0 Å². The highest BCUT2D eigenvalue weighted by Gasteiger charge is 2.22. The Labute approximate surface area is 120 Å². The van der Waals surface area contributed by atoms with Gasteiger partial charge in [0.1, 0.15) is 11.3 Å². The molecule has 0 atom stereocenters. The van der Waals surface area contributed by atoms with Crippen LogP contribution in [0.4, 0.5) is 5.69 Å². The summed E-state index contributed by atoms with van der Waals surface area (Å²) in [5, 5.41) is 0.979. The zero-order valence-electron chi connectivity index (χ0n) is 12.0. The van der Waals surface area contributed by atoms with Gasteiger partial charge in [0.2, 0.25) is 0 Å². The molecular weight excluding hydrogens is 248 g/mol. The van der Waals surface area contributed by atoms with E-state index in [2.05, 4.69) is 11.9 Å². The lowest BCUT2D eigenvalue weighted by Gasteiger charge is -2.28. The SMILES string of the molecule is CCC1CCC(Oc2ccc(N)c3cccnc23)CC1.